The molecule has 2 fully saturated rings. The number of aromatic hydroxyl groups is 1. The minimum absolute atomic E-state index is 0.0145. The van der Waals surface area contributed by atoms with Gasteiger partial charge in [0.1, 0.15) is 76.7 Å². The third-order valence-corrected chi connectivity index (χ3v) is 6.98. The summed E-state index contributed by atoms with van der Waals surface area (Å²) < 4.78 is 33.0. The molecule has 0 aliphatic carbocycles. The Morgan fingerprint density at radius 2 is 1.63 bits per heavy atom. The molecule has 0 bridgehead atoms. The van der Waals surface area contributed by atoms with Crippen LogP contribution in [0, 0.1) is 0 Å². The zero-order valence-corrected chi connectivity index (χ0v) is 21.6. The lowest BCUT2D eigenvalue weighted by Gasteiger charge is -2.44. The predicted molar refractivity (Wildman–Crippen MR) is 137 cm³/mol. The van der Waals surface area contributed by atoms with E-state index in [1.54, 1.807) is 12.1 Å². The average Bonchev–Trinajstić information content (AvgIpc) is 2.96. The number of aliphatic hydroxyl groups excluding tert-OH is 6. The van der Waals surface area contributed by atoms with Crippen LogP contribution in [-0.2, 0) is 14.2 Å². The first kappa shape index (κ1) is 29.2. The first-order valence-electron chi connectivity index (χ1n) is 12.7. The van der Waals surface area contributed by atoms with Gasteiger partial charge in [-0.25, -0.2) is 0 Å². The summed E-state index contributed by atoms with van der Waals surface area (Å²) in [6.07, 6.45) is -13.5. The molecule has 3 aromatic rings. The molecular formula is C27H30O14. The fourth-order valence-corrected chi connectivity index (χ4v) is 4.71. The maximum Gasteiger partial charge on any atom is 0.228 e. The van der Waals surface area contributed by atoms with Gasteiger partial charge in [0, 0.05) is 23.8 Å². The highest BCUT2D eigenvalue weighted by atomic mass is 16.7. The summed E-state index contributed by atoms with van der Waals surface area (Å²) in [5, 5.41) is 70.9. The van der Waals surface area contributed by atoms with E-state index in [1.165, 1.54) is 37.4 Å². The van der Waals surface area contributed by atoms with Crippen LogP contribution in [0.5, 0.6) is 17.2 Å². The third kappa shape index (κ3) is 5.74. The lowest BCUT2D eigenvalue weighted by molar-refractivity contribution is -0.343. The number of methoxy groups -OCH3 is 1. The lowest BCUT2D eigenvalue weighted by atomic mass is 9.98. The highest BCUT2D eigenvalue weighted by molar-refractivity contribution is 5.86. The number of ether oxygens (including phenoxy) is 5. The average molecular weight is 579 g/mol. The minimum Gasteiger partial charge on any atom is -0.507 e. The summed E-state index contributed by atoms with van der Waals surface area (Å²) in [6, 6.07) is 10.3. The van der Waals surface area contributed by atoms with Gasteiger partial charge in [0.05, 0.1) is 20.3 Å². The van der Waals surface area contributed by atoms with Crippen molar-refractivity contribution in [3.63, 3.8) is 0 Å². The van der Waals surface area contributed by atoms with E-state index in [-0.39, 0.29) is 34.8 Å². The number of benzene rings is 2. The zero-order chi connectivity index (χ0) is 29.4. The molecule has 0 unspecified atom stereocenters. The number of rotatable bonds is 7. The van der Waals surface area contributed by atoms with E-state index in [2.05, 4.69) is 0 Å². The van der Waals surface area contributed by atoms with Gasteiger partial charge in [0.2, 0.25) is 6.29 Å². The molecule has 2 aliphatic rings. The van der Waals surface area contributed by atoms with Crippen molar-refractivity contribution < 1.29 is 63.8 Å². The number of aliphatic hydroxyl groups is 6. The van der Waals surface area contributed by atoms with Crippen molar-refractivity contribution in [2.24, 2.45) is 0 Å². The van der Waals surface area contributed by atoms with Gasteiger partial charge >= 0.3 is 0 Å². The molecule has 0 saturated carbocycles. The fraction of sp³-hybridized carbons (Fsp3) is 0.444. The number of phenols is 1. The molecule has 14 nitrogen and oxygen atoms in total. The van der Waals surface area contributed by atoms with Crippen molar-refractivity contribution in [1.82, 2.24) is 0 Å². The summed E-state index contributed by atoms with van der Waals surface area (Å²) in [7, 11) is 1.42. The second-order valence-electron chi connectivity index (χ2n) is 9.69. The molecule has 2 aliphatic heterocycles. The Bertz CT molecular complexity index is 1410. The smallest absolute Gasteiger partial charge is 0.228 e. The van der Waals surface area contributed by atoms with Gasteiger partial charge in [-0.2, -0.15) is 0 Å². The van der Waals surface area contributed by atoms with E-state index in [4.69, 9.17) is 28.1 Å². The molecule has 41 heavy (non-hydrogen) atoms. The largest absolute Gasteiger partial charge is 0.507 e. The Morgan fingerprint density at radius 1 is 0.902 bits per heavy atom. The van der Waals surface area contributed by atoms with E-state index in [9.17, 15) is 40.5 Å². The Kier molecular flexibility index (Phi) is 8.47. The van der Waals surface area contributed by atoms with Crippen molar-refractivity contribution >= 4 is 11.0 Å². The molecule has 9 atom stereocenters. The maximum absolute atomic E-state index is 12.6. The number of hydrogen-bond donors (Lipinski definition) is 7. The molecule has 14 heteroatoms. The van der Waals surface area contributed by atoms with Gasteiger partial charge < -0.3 is 63.8 Å². The SMILES string of the molecule is COc1cc(O)c2c(=O)cc(-c3ccc(O[C@@H]4OC[C@@H](O)[C@H](O[C@@H]5O[C@H](CO)[C@@H](O)[C@H](O)[C@H]5O)[C@H]4O)cc3)oc2c1. The summed E-state index contributed by atoms with van der Waals surface area (Å²) in [4.78, 5) is 12.6. The van der Waals surface area contributed by atoms with Gasteiger partial charge in [0.25, 0.3) is 0 Å². The monoisotopic (exact) mass is 578 g/mol. The van der Waals surface area contributed by atoms with Gasteiger partial charge in [-0.15, -0.1) is 0 Å². The molecular weight excluding hydrogens is 548 g/mol. The van der Waals surface area contributed by atoms with Crippen molar-refractivity contribution in [1.29, 1.82) is 0 Å². The van der Waals surface area contributed by atoms with E-state index >= 15 is 0 Å². The molecule has 2 aromatic carbocycles. The Hall–Kier alpha value is -3.31. The number of fused-ring (bicyclic) bond motifs is 1. The standard InChI is InChI=1S/C27H30O14/c1-36-13-6-14(29)20-15(30)8-17(39-18(20)7-13)11-2-4-12(5-3-11)38-26-24(35)25(16(31)10-37-26)41-27-23(34)22(33)21(32)19(9-28)40-27/h2-8,16,19,21-29,31-35H,9-10H2,1H3/t16-,19-,21-,22+,23-,24-,25+,26+,27+/m1/s1. The van der Waals surface area contributed by atoms with Crippen LogP contribution in [0.15, 0.2) is 51.7 Å². The molecule has 222 valence electrons. The van der Waals surface area contributed by atoms with E-state index in [0.717, 1.165) is 0 Å². The van der Waals surface area contributed by atoms with Crippen LogP contribution in [0.1, 0.15) is 0 Å². The topological polar surface area (TPSA) is 218 Å². The summed E-state index contributed by atoms with van der Waals surface area (Å²) >= 11 is 0. The van der Waals surface area contributed by atoms with Gasteiger partial charge in [-0.3, -0.25) is 4.79 Å². The van der Waals surface area contributed by atoms with Crippen LogP contribution in [0.3, 0.4) is 0 Å². The summed E-state index contributed by atoms with van der Waals surface area (Å²) in [5.41, 5.74) is 0.180. The molecule has 2 saturated heterocycles. The van der Waals surface area contributed by atoms with Crippen LogP contribution in [0.25, 0.3) is 22.3 Å². The van der Waals surface area contributed by atoms with Crippen molar-refractivity contribution in [2.75, 3.05) is 20.3 Å². The van der Waals surface area contributed by atoms with Gasteiger partial charge in [-0.05, 0) is 24.3 Å². The minimum atomic E-state index is -1.73. The van der Waals surface area contributed by atoms with Crippen LogP contribution in [0.4, 0.5) is 0 Å². The molecule has 0 amide bonds. The number of hydrogen-bond acceptors (Lipinski definition) is 14. The maximum atomic E-state index is 12.6. The van der Waals surface area contributed by atoms with Crippen molar-refractivity contribution in [3.8, 4) is 28.6 Å². The second kappa shape index (κ2) is 11.9. The normalized spacial score (nSPS) is 32.1. The zero-order valence-electron chi connectivity index (χ0n) is 21.6. The molecule has 5 rings (SSSR count). The Morgan fingerprint density at radius 3 is 2.32 bits per heavy atom. The van der Waals surface area contributed by atoms with Crippen molar-refractivity contribution in [2.45, 2.75) is 55.3 Å². The molecule has 1 aromatic heterocycles. The number of phenolic OH excluding ortho intramolecular Hbond substituents is 1. The van der Waals surface area contributed by atoms with Crippen LogP contribution >= 0.6 is 0 Å². The molecule has 7 N–H and O–H groups in total. The van der Waals surface area contributed by atoms with Gasteiger partial charge in [0.15, 0.2) is 11.7 Å². The molecule has 0 radical (unpaired) electrons. The third-order valence-electron chi connectivity index (χ3n) is 6.98. The van der Waals surface area contributed by atoms with Gasteiger partial charge in [-0.1, -0.05) is 0 Å². The summed E-state index contributed by atoms with van der Waals surface area (Å²) in [5.74, 6) is 0.493. The second-order valence-corrected chi connectivity index (χ2v) is 9.69. The highest BCUT2D eigenvalue weighted by Gasteiger charge is 2.48. The lowest BCUT2D eigenvalue weighted by Crippen LogP contribution is -2.63. The fourth-order valence-electron chi connectivity index (χ4n) is 4.71. The van der Waals surface area contributed by atoms with Crippen molar-refractivity contribution in [3.05, 3.63) is 52.7 Å². The Labute approximate surface area is 232 Å². The quantitative estimate of drug-likeness (QED) is 0.176. The first-order valence-corrected chi connectivity index (χ1v) is 12.7. The van der Waals surface area contributed by atoms with E-state index < -0.39 is 67.3 Å². The molecule has 0 spiro atoms. The van der Waals surface area contributed by atoms with E-state index in [1.807, 2.05) is 0 Å². The van der Waals surface area contributed by atoms with Crippen LogP contribution < -0.4 is 14.9 Å². The van der Waals surface area contributed by atoms with Crippen LogP contribution in [0.2, 0.25) is 0 Å². The first-order chi connectivity index (χ1) is 19.6. The van der Waals surface area contributed by atoms with Crippen LogP contribution in [-0.4, -0.2) is 111 Å². The summed E-state index contributed by atoms with van der Waals surface area (Å²) in [6.45, 7) is -0.995. The highest BCUT2D eigenvalue weighted by Crippen LogP contribution is 2.32. The predicted octanol–water partition coefficient (Wildman–Crippen LogP) is -1.18. The molecule has 3 heterocycles. The van der Waals surface area contributed by atoms with E-state index in [0.29, 0.717) is 11.3 Å². The Balaban J connectivity index is 1.30.